The van der Waals surface area contributed by atoms with Gasteiger partial charge in [0.2, 0.25) is 0 Å². The molecular weight excluding hydrogens is 102 g/mol. The van der Waals surface area contributed by atoms with Crippen LogP contribution < -0.4 is 5.32 Å². The molecule has 1 heterocycles. The first-order valence-electron chi connectivity index (χ1n) is 2.87. The van der Waals surface area contributed by atoms with Crippen LogP contribution in [-0.4, -0.2) is 18.9 Å². The van der Waals surface area contributed by atoms with Crippen molar-refractivity contribution in [2.45, 2.75) is 13.8 Å². The predicted octanol–water partition coefficient (Wildman–Crippen LogP) is 0.185. The summed E-state index contributed by atoms with van der Waals surface area (Å²) in [4.78, 5) is 10.8. The Labute approximate surface area is 49.3 Å². The fraction of sp³-hybridized carbons (Fsp3) is 0.833. The topological polar surface area (TPSA) is 29.1 Å². The fourth-order valence-electron chi connectivity index (χ4n) is 0.826. The van der Waals surface area contributed by atoms with Crippen molar-refractivity contribution in [2.24, 2.45) is 5.41 Å². The van der Waals surface area contributed by atoms with Gasteiger partial charge >= 0.3 is 0 Å². The van der Waals surface area contributed by atoms with Gasteiger partial charge in [-0.2, -0.15) is 0 Å². The van der Waals surface area contributed by atoms with Crippen LogP contribution in [0.15, 0.2) is 0 Å². The lowest BCUT2D eigenvalue weighted by atomic mass is 9.92. The Balaban J connectivity index is 2.68. The summed E-state index contributed by atoms with van der Waals surface area (Å²) in [6.45, 7) is 5.34. The molecule has 1 aliphatic heterocycles. The summed E-state index contributed by atoms with van der Waals surface area (Å²) in [6.07, 6.45) is 0. The zero-order chi connectivity index (χ0) is 6.20. The first kappa shape index (κ1) is 5.76. The largest absolute Gasteiger partial charge is 0.309 e. The third kappa shape index (κ3) is 0.757. The highest BCUT2D eigenvalue weighted by molar-refractivity contribution is 5.88. The molecule has 2 nitrogen and oxygen atoms in total. The van der Waals surface area contributed by atoms with Gasteiger partial charge in [-0.25, -0.2) is 0 Å². The Morgan fingerprint density at radius 3 is 2.38 bits per heavy atom. The summed E-state index contributed by atoms with van der Waals surface area (Å²) in [5.41, 5.74) is -0.0972. The van der Waals surface area contributed by atoms with Gasteiger partial charge in [-0.1, -0.05) is 13.8 Å². The van der Waals surface area contributed by atoms with Crippen LogP contribution in [0.2, 0.25) is 0 Å². The van der Waals surface area contributed by atoms with E-state index >= 15 is 0 Å². The highest BCUT2D eigenvalue weighted by atomic mass is 16.1. The van der Waals surface area contributed by atoms with Crippen LogP contribution in [0, 0.1) is 5.41 Å². The van der Waals surface area contributed by atoms with E-state index in [4.69, 9.17) is 0 Å². The van der Waals surface area contributed by atoms with E-state index in [1.807, 2.05) is 13.8 Å². The second-order valence-corrected chi connectivity index (χ2v) is 2.91. The molecule has 8 heavy (non-hydrogen) atoms. The lowest BCUT2D eigenvalue weighted by Crippen LogP contribution is -2.21. The van der Waals surface area contributed by atoms with Crippen molar-refractivity contribution < 1.29 is 4.79 Å². The van der Waals surface area contributed by atoms with Crippen molar-refractivity contribution in [3.05, 3.63) is 0 Å². The number of rotatable bonds is 0. The Bertz CT molecular complexity index is 118. The summed E-state index contributed by atoms with van der Waals surface area (Å²) in [5, 5.41) is 3.01. The zero-order valence-corrected chi connectivity index (χ0v) is 5.32. The third-order valence-corrected chi connectivity index (χ3v) is 1.61. The quantitative estimate of drug-likeness (QED) is 0.485. The summed E-state index contributed by atoms with van der Waals surface area (Å²) in [7, 11) is 0. The molecule has 1 N–H and O–H groups in total. The molecule has 46 valence electrons. The number of Topliss-reactive ketones (excluding diaryl/α,β-unsaturated/α-hetero) is 1. The Morgan fingerprint density at radius 1 is 1.62 bits per heavy atom. The summed E-state index contributed by atoms with van der Waals surface area (Å²) >= 11 is 0. The highest BCUT2D eigenvalue weighted by Gasteiger charge is 2.31. The van der Waals surface area contributed by atoms with Crippen molar-refractivity contribution in [2.75, 3.05) is 13.1 Å². The van der Waals surface area contributed by atoms with Crippen molar-refractivity contribution >= 4 is 5.78 Å². The Morgan fingerprint density at radius 2 is 2.25 bits per heavy atom. The van der Waals surface area contributed by atoms with Crippen molar-refractivity contribution in [1.29, 1.82) is 0 Å². The molecule has 0 unspecified atom stereocenters. The minimum absolute atomic E-state index is 0.0972. The van der Waals surface area contributed by atoms with Crippen LogP contribution in [0.5, 0.6) is 0 Å². The summed E-state index contributed by atoms with van der Waals surface area (Å²) < 4.78 is 0. The molecule has 0 bridgehead atoms. The lowest BCUT2D eigenvalue weighted by Gasteiger charge is -2.11. The van der Waals surface area contributed by atoms with E-state index in [0.717, 1.165) is 6.54 Å². The number of hydrogen-bond donors (Lipinski definition) is 1. The second-order valence-electron chi connectivity index (χ2n) is 2.91. The number of hydrogen-bond acceptors (Lipinski definition) is 2. The van der Waals surface area contributed by atoms with Gasteiger partial charge in [0.25, 0.3) is 0 Å². The number of carbonyl (C=O) groups excluding carboxylic acids is 1. The average Bonchev–Trinajstić information content (AvgIpc) is 1.86. The molecule has 1 fully saturated rings. The minimum atomic E-state index is -0.0972. The van der Waals surface area contributed by atoms with Crippen molar-refractivity contribution in [1.82, 2.24) is 5.32 Å². The molecule has 0 amide bonds. The number of carbonyl (C=O) groups is 1. The first-order chi connectivity index (χ1) is 3.63. The molecule has 0 spiro atoms. The second kappa shape index (κ2) is 1.55. The predicted molar refractivity (Wildman–Crippen MR) is 31.7 cm³/mol. The Hall–Kier alpha value is -0.370. The lowest BCUT2D eigenvalue weighted by molar-refractivity contribution is -0.122. The summed E-state index contributed by atoms with van der Waals surface area (Å²) in [6, 6.07) is 0. The fourth-order valence-corrected chi connectivity index (χ4v) is 0.826. The maximum atomic E-state index is 10.8. The highest BCUT2D eigenvalue weighted by Crippen LogP contribution is 2.18. The normalized spacial score (nSPS) is 26.5. The van der Waals surface area contributed by atoms with Crippen LogP contribution in [0.1, 0.15) is 13.8 Å². The molecule has 1 aliphatic rings. The van der Waals surface area contributed by atoms with E-state index in [2.05, 4.69) is 5.32 Å². The van der Waals surface area contributed by atoms with Gasteiger partial charge in [0.05, 0.1) is 6.54 Å². The van der Waals surface area contributed by atoms with E-state index < -0.39 is 0 Å². The molecule has 0 radical (unpaired) electrons. The smallest absolute Gasteiger partial charge is 0.153 e. The van der Waals surface area contributed by atoms with Crippen LogP contribution >= 0.6 is 0 Å². The van der Waals surface area contributed by atoms with Gasteiger partial charge in [0.15, 0.2) is 5.78 Å². The number of nitrogens with one attached hydrogen (secondary N) is 1. The number of ketones is 1. The van der Waals surface area contributed by atoms with E-state index in [9.17, 15) is 4.79 Å². The monoisotopic (exact) mass is 113 g/mol. The van der Waals surface area contributed by atoms with Crippen LogP contribution in [0.3, 0.4) is 0 Å². The van der Waals surface area contributed by atoms with E-state index in [1.54, 1.807) is 0 Å². The molecule has 1 saturated heterocycles. The molecule has 0 atom stereocenters. The van der Waals surface area contributed by atoms with Crippen LogP contribution in [0.25, 0.3) is 0 Å². The molecule has 0 aromatic heterocycles. The molecule has 0 aromatic rings. The van der Waals surface area contributed by atoms with E-state index in [0.29, 0.717) is 12.3 Å². The first-order valence-corrected chi connectivity index (χ1v) is 2.87. The molecular formula is C6H11NO. The van der Waals surface area contributed by atoms with Crippen LogP contribution in [-0.2, 0) is 4.79 Å². The van der Waals surface area contributed by atoms with Gasteiger partial charge in [-0.3, -0.25) is 4.79 Å². The van der Waals surface area contributed by atoms with Crippen molar-refractivity contribution in [3.63, 3.8) is 0 Å². The molecule has 1 rings (SSSR count). The van der Waals surface area contributed by atoms with E-state index in [1.165, 1.54) is 0 Å². The van der Waals surface area contributed by atoms with Gasteiger partial charge in [0, 0.05) is 12.0 Å². The third-order valence-electron chi connectivity index (χ3n) is 1.61. The molecule has 0 aromatic carbocycles. The SMILES string of the molecule is CC1(C)CNCC1=O. The van der Waals surface area contributed by atoms with Crippen LogP contribution in [0.4, 0.5) is 0 Å². The molecule has 0 aliphatic carbocycles. The maximum Gasteiger partial charge on any atom is 0.153 e. The summed E-state index contributed by atoms with van der Waals surface area (Å²) in [5.74, 6) is 0.331. The van der Waals surface area contributed by atoms with Gasteiger partial charge in [-0.15, -0.1) is 0 Å². The van der Waals surface area contributed by atoms with Gasteiger partial charge in [-0.05, 0) is 0 Å². The molecule has 0 saturated carbocycles. The van der Waals surface area contributed by atoms with Gasteiger partial charge in [0.1, 0.15) is 0 Å². The minimum Gasteiger partial charge on any atom is -0.309 e. The van der Waals surface area contributed by atoms with Gasteiger partial charge < -0.3 is 5.32 Å². The Kier molecular flexibility index (Phi) is 1.12. The molecule has 2 heteroatoms. The standard InChI is InChI=1S/C6H11NO/c1-6(2)4-7-3-5(6)8/h7H,3-4H2,1-2H3. The zero-order valence-electron chi connectivity index (χ0n) is 5.32. The maximum absolute atomic E-state index is 10.8. The van der Waals surface area contributed by atoms with Crippen molar-refractivity contribution in [3.8, 4) is 0 Å². The average molecular weight is 113 g/mol. The van der Waals surface area contributed by atoms with E-state index in [-0.39, 0.29) is 5.41 Å².